The van der Waals surface area contributed by atoms with Gasteiger partial charge in [-0.15, -0.1) is 0 Å². The first-order valence-corrected chi connectivity index (χ1v) is 7.01. The van der Waals surface area contributed by atoms with Crippen molar-refractivity contribution in [1.29, 1.82) is 5.26 Å². The van der Waals surface area contributed by atoms with E-state index in [1.165, 1.54) is 10.8 Å². The van der Waals surface area contributed by atoms with E-state index in [-0.39, 0.29) is 30.2 Å². The highest BCUT2D eigenvalue weighted by Crippen LogP contribution is 2.18. The number of hydrogen-bond donors (Lipinski definition) is 0. The molecule has 1 fully saturated rings. The molecule has 7 heteroatoms. The summed E-state index contributed by atoms with van der Waals surface area (Å²) >= 11 is 0. The molecule has 0 spiro atoms. The average molecular weight is 290 g/mol. The number of piperidine rings is 1. The number of esters is 1. The lowest BCUT2D eigenvalue weighted by atomic mass is 9.98. The van der Waals surface area contributed by atoms with Crippen LogP contribution in [0.25, 0.3) is 0 Å². The lowest BCUT2D eigenvalue weighted by Gasteiger charge is -2.31. The number of nitriles is 1. The third-order valence-corrected chi connectivity index (χ3v) is 3.52. The number of likely N-dealkylation sites (tertiary alicyclic amines) is 1. The zero-order valence-corrected chi connectivity index (χ0v) is 12.0. The first-order chi connectivity index (χ1) is 10.2. The molecule has 1 aliphatic heterocycles. The number of carbonyl (C=O) groups is 2. The maximum atomic E-state index is 12.3. The third kappa shape index (κ3) is 3.60. The van der Waals surface area contributed by atoms with Gasteiger partial charge in [0.15, 0.2) is 0 Å². The van der Waals surface area contributed by atoms with Gasteiger partial charge in [0.05, 0.1) is 12.5 Å². The Kier molecular flexibility index (Phi) is 4.93. The number of ether oxygens (including phenoxy) is 1. The summed E-state index contributed by atoms with van der Waals surface area (Å²) in [6, 6.07) is 1.93. The van der Waals surface area contributed by atoms with Gasteiger partial charge in [-0.05, 0) is 19.8 Å². The number of hydrogen-bond acceptors (Lipinski definition) is 5. The smallest absolute Gasteiger partial charge is 0.310 e. The summed E-state index contributed by atoms with van der Waals surface area (Å²) in [4.78, 5) is 29.6. The Morgan fingerprint density at radius 1 is 1.57 bits per heavy atom. The summed E-state index contributed by atoms with van der Waals surface area (Å²) in [6.07, 6.45) is 4.62. The van der Waals surface area contributed by atoms with E-state index in [2.05, 4.69) is 4.98 Å². The van der Waals surface area contributed by atoms with E-state index in [1.54, 1.807) is 18.0 Å². The molecule has 2 rings (SSSR count). The summed E-state index contributed by atoms with van der Waals surface area (Å²) < 4.78 is 6.53. The largest absolute Gasteiger partial charge is 0.466 e. The quantitative estimate of drug-likeness (QED) is 0.756. The highest BCUT2D eigenvalue weighted by atomic mass is 16.5. The second kappa shape index (κ2) is 6.88. The highest BCUT2D eigenvalue weighted by molar-refractivity contribution is 5.78. The number of nitrogens with zero attached hydrogens (tertiary/aromatic N) is 4. The molecule has 0 aliphatic carbocycles. The molecule has 21 heavy (non-hydrogen) atoms. The first-order valence-electron chi connectivity index (χ1n) is 7.01. The van der Waals surface area contributed by atoms with Crippen molar-refractivity contribution in [2.24, 2.45) is 5.92 Å². The van der Waals surface area contributed by atoms with Gasteiger partial charge in [0.1, 0.15) is 12.6 Å². The second-order valence-electron chi connectivity index (χ2n) is 4.92. The summed E-state index contributed by atoms with van der Waals surface area (Å²) in [7, 11) is 0. The van der Waals surface area contributed by atoms with Crippen molar-refractivity contribution in [1.82, 2.24) is 14.5 Å². The summed E-state index contributed by atoms with van der Waals surface area (Å²) in [5.74, 6) is -0.392. The summed E-state index contributed by atoms with van der Waals surface area (Å²) in [5.41, 5.74) is 0. The van der Waals surface area contributed by atoms with Crippen LogP contribution in [-0.4, -0.2) is 46.0 Å². The van der Waals surface area contributed by atoms with Crippen molar-refractivity contribution in [3.63, 3.8) is 0 Å². The van der Waals surface area contributed by atoms with Crippen LogP contribution in [-0.2, 0) is 20.9 Å². The van der Waals surface area contributed by atoms with Gasteiger partial charge in [-0.3, -0.25) is 9.59 Å². The lowest BCUT2D eigenvalue weighted by molar-refractivity contribution is -0.151. The summed E-state index contributed by atoms with van der Waals surface area (Å²) in [5, 5.41) is 8.89. The van der Waals surface area contributed by atoms with E-state index in [0.29, 0.717) is 19.7 Å². The standard InChI is InChI=1S/C14H18N4O3/c1-2-21-14(20)11-4-3-6-18(9-11)13(19)10-17-7-5-16-12(17)8-15/h5,7,11H,2-4,6,9-10H2,1H3. The Morgan fingerprint density at radius 2 is 2.38 bits per heavy atom. The molecule has 1 aromatic heterocycles. The van der Waals surface area contributed by atoms with E-state index in [4.69, 9.17) is 10.00 Å². The van der Waals surface area contributed by atoms with Crippen LogP contribution in [0.5, 0.6) is 0 Å². The fourth-order valence-electron chi connectivity index (χ4n) is 2.45. The van der Waals surface area contributed by atoms with Crippen LogP contribution in [0.15, 0.2) is 12.4 Å². The Bertz CT molecular complexity index is 561. The molecule has 1 aromatic rings. The fourth-order valence-corrected chi connectivity index (χ4v) is 2.45. The number of amides is 1. The third-order valence-electron chi connectivity index (χ3n) is 3.52. The van der Waals surface area contributed by atoms with Crippen molar-refractivity contribution < 1.29 is 14.3 Å². The normalized spacial score (nSPS) is 18.1. The average Bonchev–Trinajstić information content (AvgIpc) is 2.94. The van der Waals surface area contributed by atoms with Gasteiger partial charge in [-0.2, -0.15) is 5.26 Å². The van der Waals surface area contributed by atoms with E-state index in [1.807, 2.05) is 6.07 Å². The van der Waals surface area contributed by atoms with Gasteiger partial charge >= 0.3 is 5.97 Å². The molecule has 0 bridgehead atoms. The van der Waals surface area contributed by atoms with Crippen LogP contribution in [0.2, 0.25) is 0 Å². The number of carbonyl (C=O) groups excluding carboxylic acids is 2. The number of imidazole rings is 1. The van der Waals surface area contributed by atoms with Crippen LogP contribution in [0.3, 0.4) is 0 Å². The molecule has 2 heterocycles. The molecule has 1 saturated heterocycles. The van der Waals surface area contributed by atoms with Gasteiger partial charge in [0.25, 0.3) is 0 Å². The van der Waals surface area contributed by atoms with Gasteiger partial charge in [0.2, 0.25) is 11.7 Å². The first kappa shape index (κ1) is 15.0. The lowest BCUT2D eigenvalue weighted by Crippen LogP contribution is -2.44. The van der Waals surface area contributed by atoms with Crippen molar-refractivity contribution in [3.05, 3.63) is 18.2 Å². The van der Waals surface area contributed by atoms with Crippen molar-refractivity contribution in [2.45, 2.75) is 26.3 Å². The van der Waals surface area contributed by atoms with Crippen molar-refractivity contribution >= 4 is 11.9 Å². The molecule has 0 radical (unpaired) electrons. The zero-order chi connectivity index (χ0) is 15.2. The van der Waals surface area contributed by atoms with E-state index in [0.717, 1.165) is 12.8 Å². The maximum absolute atomic E-state index is 12.3. The molecule has 1 amide bonds. The molecule has 112 valence electrons. The van der Waals surface area contributed by atoms with Crippen molar-refractivity contribution in [3.8, 4) is 6.07 Å². The van der Waals surface area contributed by atoms with Gasteiger partial charge < -0.3 is 14.2 Å². The topological polar surface area (TPSA) is 88.2 Å². The van der Waals surface area contributed by atoms with Crippen molar-refractivity contribution in [2.75, 3.05) is 19.7 Å². The maximum Gasteiger partial charge on any atom is 0.310 e. The van der Waals surface area contributed by atoms with Crippen LogP contribution >= 0.6 is 0 Å². The van der Waals surface area contributed by atoms with Gasteiger partial charge in [-0.25, -0.2) is 4.98 Å². The molecule has 0 saturated carbocycles. The van der Waals surface area contributed by atoms with Gasteiger partial charge in [0, 0.05) is 25.5 Å². The van der Waals surface area contributed by atoms with Crippen LogP contribution in [0.1, 0.15) is 25.6 Å². The molecule has 1 atom stereocenters. The second-order valence-corrected chi connectivity index (χ2v) is 4.92. The predicted molar refractivity (Wildman–Crippen MR) is 72.9 cm³/mol. The minimum absolute atomic E-state index is 0.0679. The Balaban J connectivity index is 1.96. The van der Waals surface area contributed by atoms with E-state index in [9.17, 15) is 9.59 Å². The molecule has 0 N–H and O–H groups in total. The van der Waals surface area contributed by atoms with Crippen LogP contribution < -0.4 is 0 Å². The molecular formula is C14H18N4O3. The SMILES string of the molecule is CCOC(=O)C1CCCN(C(=O)Cn2ccnc2C#N)C1. The Hall–Kier alpha value is -2.36. The monoisotopic (exact) mass is 290 g/mol. The predicted octanol–water partition coefficient (Wildman–Crippen LogP) is 0.556. The van der Waals surface area contributed by atoms with Crippen LogP contribution in [0.4, 0.5) is 0 Å². The van der Waals surface area contributed by atoms with Crippen LogP contribution in [0, 0.1) is 17.2 Å². The minimum atomic E-state index is -0.249. The molecular weight excluding hydrogens is 272 g/mol. The molecule has 1 aliphatic rings. The minimum Gasteiger partial charge on any atom is -0.466 e. The fraction of sp³-hybridized carbons (Fsp3) is 0.571. The number of aromatic nitrogens is 2. The molecule has 1 unspecified atom stereocenters. The Morgan fingerprint density at radius 3 is 3.10 bits per heavy atom. The van der Waals surface area contributed by atoms with Gasteiger partial charge in [-0.1, -0.05) is 0 Å². The van der Waals surface area contributed by atoms with E-state index >= 15 is 0 Å². The summed E-state index contributed by atoms with van der Waals surface area (Å²) in [6.45, 7) is 3.20. The zero-order valence-electron chi connectivity index (χ0n) is 12.0. The Labute approximate surface area is 123 Å². The molecule has 7 nitrogen and oxygen atoms in total. The number of rotatable bonds is 4. The molecule has 0 aromatic carbocycles. The highest BCUT2D eigenvalue weighted by Gasteiger charge is 2.29. The van der Waals surface area contributed by atoms with E-state index < -0.39 is 0 Å².